The van der Waals surface area contributed by atoms with Crippen LogP contribution in [0.15, 0.2) is 53.0 Å². The van der Waals surface area contributed by atoms with Gasteiger partial charge in [0.25, 0.3) is 0 Å². The van der Waals surface area contributed by atoms with Gasteiger partial charge in [0.15, 0.2) is 0 Å². The molecular formula is C20H19BrN2O2. The Kier molecular flexibility index (Phi) is 4.12. The molecule has 4 rings (SSSR count). The van der Waals surface area contributed by atoms with E-state index in [0.717, 1.165) is 47.2 Å². The van der Waals surface area contributed by atoms with Crippen molar-refractivity contribution in [2.24, 2.45) is 0 Å². The number of carbonyl (C=O) groups excluding carboxylic acids is 2. The molecule has 0 aromatic heterocycles. The number of nitrogens with one attached hydrogen (secondary N) is 1. The molecule has 2 aromatic rings. The minimum Gasteiger partial charge on any atom is -0.325 e. The summed E-state index contributed by atoms with van der Waals surface area (Å²) in [6.07, 6.45) is 3.21. The number of halogens is 1. The van der Waals surface area contributed by atoms with Crippen LogP contribution in [0.1, 0.15) is 31.2 Å². The van der Waals surface area contributed by atoms with Crippen LogP contribution in [0.25, 0.3) is 0 Å². The summed E-state index contributed by atoms with van der Waals surface area (Å²) in [4.78, 5) is 26.6. The summed E-state index contributed by atoms with van der Waals surface area (Å²) in [7, 11) is 0. The van der Waals surface area contributed by atoms with Gasteiger partial charge in [-0.25, -0.2) is 0 Å². The summed E-state index contributed by atoms with van der Waals surface area (Å²) in [6, 6.07) is 15.5. The quantitative estimate of drug-likeness (QED) is 0.836. The van der Waals surface area contributed by atoms with Crippen molar-refractivity contribution < 1.29 is 9.59 Å². The van der Waals surface area contributed by atoms with Crippen molar-refractivity contribution in [1.82, 2.24) is 0 Å². The minimum atomic E-state index is -0.427. The van der Waals surface area contributed by atoms with Gasteiger partial charge >= 0.3 is 0 Å². The molecule has 0 radical (unpaired) electrons. The van der Waals surface area contributed by atoms with Gasteiger partial charge in [0.2, 0.25) is 11.8 Å². The second kappa shape index (κ2) is 6.30. The van der Waals surface area contributed by atoms with Gasteiger partial charge in [-0.1, -0.05) is 34.1 Å². The summed E-state index contributed by atoms with van der Waals surface area (Å²) < 4.78 is 0.985. The fourth-order valence-corrected chi connectivity index (χ4v) is 3.88. The average molecular weight is 399 g/mol. The highest BCUT2D eigenvalue weighted by atomic mass is 79.9. The number of anilines is 2. The van der Waals surface area contributed by atoms with E-state index < -0.39 is 5.41 Å². The van der Waals surface area contributed by atoms with Crippen LogP contribution in [-0.4, -0.2) is 18.4 Å². The van der Waals surface area contributed by atoms with Gasteiger partial charge in [0.05, 0.1) is 5.41 Å². The number of amides is 2. The Morgan fingerprint density at radius 1 is 1.12 bits per heavy atom. The smallest absolute Gasteiger partial charge is 0.235 e. The molecule has 128 valence electrons. The largest absolute Gasteiger partial charge is 0.325 e. The van der Waals surface area contributed by atoms with Crippen LogP contribution >= 0.6 is 15.9 Å². The van der Waals surface area contributed by atoms with Crippen LogP contribution in [0.3, 0.4) is 0 Å². The van der Waals surface area contributed by atoms with Gasteiger partial charge in [-0.05, 0) is 55.2 Å². The first-order valence-electron chi connectivity index (χ1n) is 8.56. The number of benzene rings is 2. The first-order valence-corrected chi connectivity index (χ1v) is 9.36. The molecule has 1 N–H and O–H groups in total. The highest BCUT2D eigenvalue weighted by Gasteiger charge is 2.51. The molecule has 4 nitrogen and oxygen atoms in total. The number of nitrogens with zero attached hydrogens (tertiary/aromatic N) is 1. The van der Waals surface area contributed by atoms with Crippen LogP contribution in [-0.2, 0) is 15.0 Å². The maximum atomic E-state index is 12.9. The van der Waals surface area contributed by atoms with E-state index in [9.17, 15) is 9.59 Å². The SMILES string of the molecule is O=C1CCCN1c1cccc(NC(=O)C2(c3cccc(Br)c3)CC2)c1. The van der Waals surface area contributed by atoms with Crippen LogP contribution in [0, 0.1) is 0 Å². The van der Waals surface area contributed by atoms with Crippen molar-refractivity contribution >= 4 is 39.1 Å². The number of rotatable bonds is 4. The molecule has 1 aliphatic heterocycles. The second-order valence-corrected chi connectivity index (χ2v) is 7.66. The molecule has 2 aliphatic rings. The molecule has 5 heteroatoms. The zero-order chi connectivity index (χ0) is 17.4. The Labute approximate surface area is 155 Å². The molecule has 0 bridgehead atoms. The molecule has 2 aromatic carbocycles. The molecule has 0 atom stereocenters. The van der Waals surface area contributed by atoms with E-state index in [1.54, 1.807) is 4.90 Å². The summed E-state index contributed by atoms with van der Waals surface area (Å²) >= 11 is 3.48. The van der Waals surface area contributed by atoms with Crippen molar-refractivity contribution in [2.45, 2.75) is 31.1 Å². The molecule has 0 spiro atoms. The number of hydrogen-bond acceptors (Lipinski definition) is 2. The molecule has 1 aliphatic carbocycles. The predicted octanol–water partition coefficient (Wildman–Crippen LogP) is 4.25. The van der Waals surface area contributed by atoms with E-state index in [-0.39, 0.29) is 11.8 Å². The zero-order valence-corrected chi connectivity index (χ0v) is 15.4. The van der Waals surface area contributed by atoms with Gasteiger partial charge in [-0.3, -0.25) is 9.59 Å². The molecule has 0 unspecified atom stereocenters. The molecular weight excluding hydrogens is 380 g/mol. The van der Waals surface area contributed by atoms with Crippen molar-refractivity contribution in [3.8, 4) is 0 Å². The highest BCUT2D eigenvalue weighted by Crippen LogP contribution is 2.49. The van der Waals surface area contributed by atoms with E-state index in [4.69, 9.17) is 0 Å². The Morgan fingerprint density at radius 3 is 2.60 bits per heavy atom. The Morgan fingerprint density at radius 2 is 1.92 bits per heavy atom. The second-order valence-electron chi connectivity index (χ2n) is 6.75. The molecule has 2 fully saturated rings. The van der Waals surface area contributed by atoms with Crippen LogP contribution in [0.2, 0.25) is 0 Å². The maximum Gasteiger partial charge on any atom is 0.235 e. The van der Waals surface area contributed by atoms with Crippen molar-refractivity contribution in [3.05, 3.63) is 58.6 Å². The van der Waals surface area contributed by atoms with Gasteiger partial charge in [-0.15, -0.1) is 0 Å². The maximum absolute atomic E-state index is 12.9. The third-order valence-corrected chi connectivity index (χ3v) is 5.54. The normalized spacial score (nSPS) is 18.3. The third kappa shape index (κ3) is 3.09. The fourth-order valence-electron chi connectivity index (χ4n) is 3.48. The van der Waals surface area contributed by atoms with Crippen molar-refractivity contribution in [2.75, 3.05) is 16.8 Å². The van der Waals surface area contributed by atoms with E-state index in [2.05, 4.69) is 21.2 Å². The van der Waals surface area contributed by atoms with Gasteiger partial charge in [-0.2, -0.15) is 0 Å². The van der Waals surface area contributed by atoms with Gasteiger partial charge < -0.3 is 10.2 Å². The fraction of sp³-hybridized carbons (Fsp3) is 0.300. The van der Waals surface area contributed by atoms with Crippen molar-refractivity contribution in [1.29, 1.82) is 0 Å². The zero-order valence-electron chi connectivity index (χ0n) is 13.8. The molecule has 25 heavy (non-hydrogen) atoms. The Bertz CT molecular complexity index is 845. The van der Waals surface area contributed by atoms with Crippen molar-refractivity contribution in [3.63, 3.8) is 0 Å². The third-order valence-electron chi connectivity index (χ3n) is 5.05. The molecule has 1 saturated heterocycles. The van der Waals surface area contributed by atoms with Gasteiger partial charge in [0, 0.05) is 28.8 Å². The minimum absolute atomic E-state index is 0.0236. The van der Waals surface area contributed by atoms with Crippen LogP contribution in [0.4, 0.5) is 11.4 Å². The monoisotopic (exact) mass is 398 g/mol. The number of carbonyl (C=O) groups is 2. The lowest BCUT2D eigenvalue weighted by atomic mass is 9.95. The summed E-state index contributed by atoms with van der Waals surface area (Å²) in [5.74, 6) is 0.173. The average Bonchev–Trinajstić information content (AvgIpc) is 3.31. The van der Waals surface area contributed by atoms with Crippen LogP contribution in [0.5, 0.6) is 0 Å². The van der Waals surface area contributed by atoms with E-state index in [1.165, 1.54) is 0 Å². The topological polar surface area (TPSA) is 49.4 Å². The standard InChI is InChI=1S/C20H19BrN2O2/c21-15-5-1-4-14(12-15)20(9-10-20)19(25)22-16-6-2-7-17(13-16)23-11-3-8-18(23)24/h1-2,4-7,12-13H,3,8-11H2,(H,22,25). The summed E-state index contributed by atoms with van der Waals surface area (Å²) in [6.45, 7) is 0.748. The van der Waals surface area contributed by atoms with Crippen LogP contribution < -0.4 is 10.2 Å². The van der Waals surface area contributed by atoms with E-state index >= 15 is 0 Å². The van der Waals surface area contributed by atoms with E-state index in [0.29, 0.717) is 6.42 Å². The number of hydrogen-bond donors (Lipinski definition) is 1. The lowest BCUT2D eigenvalue weighted by molar-refractivity contribution is -0.118. The molecule has 1 heterocycles. The predicted molar refractivity (Wildman–Crippen MR) is 102 cm³/mol. The van der Waals surface area contributed by atoms with E-state index in [1.807, 2.05) is 48.5 Å². The first kappa shape index (κ1) is 16.3. The highest BCUT2D eigenvalue weighted by molar-refractivity contribution is 9.10. The lowest BCUT2D eigenvalue weighted by Gasteiger charge is -2.19. The first-order chi connectivity index (χ1) is 12.1. The Balaban J connectivity index is 1.54. The lowest BCUT2D eigenvalue weighted by Crippen LogP contribution is -2.28. The van der Waals surface area contributed by atoms with Gasteiger partial charge in [0.1, 0.15) is 0 Å². The Hall–Kier alpha value is -2.14. The summed E-state index contributed by atoms with van der Waals surface area (Å²) in [5.41, 5.74) is 2.21. The molecule has 2 amide bonds. The summed E-state index contributed by atoms with van der Waals surface area (Å²) in [5, 5.41) is 3.05. The molecule has 1 saturated carbocycles.